The van der Waals surface area contributed by atoms with Gasteiger partial charge in [0, 0.05) is 25.0 Å². The van der Waals surface area contributed by atoms with Gasteiger partial charge in [-0.25, -0.2) is 8.42 Å². The van der Waals surface area contributed by atoms with Gasteiger partial charge in [-0.15, -0.1) is 0 Å². The zero-order valence-corrected chi connectivity index (χ0v) is 17.2. The van der Waals surface area contributed by atoms with E-state index in [1.807, 2.05) is 6.92 Å². The molecule has 1 aromatic rings. The van der Waals surface area contributed by atoms with Crippen molar-refractivity contribution in [2.45, 2.75) is 43.2 Å². The molecule has 4 aliphatic heterocycles. The van der Waals surface area contributed by atoms with Crippen molar-refractivity contribution in [1.29, 1.82) is 0 Å². The van der Waals surface area contributed by atoms with E-state index in [2.05, 4.69) is 15.5 Å². The molecule has 4 heterocycles. The quantitative estimate of drug-likeness (QED) is 0.728. The van der Waals surface area contributed by atoms with Crippen LogP contribution in [0.1, 0.15) is 24.8 Å². The smallest absolute Gasteiger partial charge is 0.264 e. The number of amides is 2. The average molecular weight is 419 g/mol. The Hall–Kier alpha value is -2.39. The van der Waals surface area contributed by atoms with Crippen LogP contribution in [0.4, 0.5) is 0 Å². The molecule has 29 heavy (non-hydrogen) atoms. The van der Waals surface area contributed by atoms with Gasteiger partial charge in [-0.05, 0) is 50.9 Å². The maximum absolute atomic E-state index is 13.1. The van der Waals surface area contributed by atoms with Gasteiger partial charge in [-0.1, -0.05) is 17.7 Å². The van der Waals surface area contributed by atoms with Gasteiger partial charge in [0.05, 0.1) is 11.3 Å². The number of hydrogen-bond acceptors (Lipinski definition) is 5. The average Bonchev–Trinajstić information content (AvgIpc) is 2.70. The molecule has 2 N–H and O–H groups in total. The first kappa shape index (κ1) is 19.9. The van der Waals surface area contributed by atoms with Gasteiger partial charge in [0.2, 0.25) is 11.8 Å². The van der Waals surface area contributed by atoms with Crippen molar-refractivity contribution in [2.75, 3.05) is 19.6 Å². The van der Waals surface area contributed by atoms with Crippen molar-refractivity contribution in [3.8, 4) is 0 Å². The maximum atomic E-state index is 13.1. The van der Waals surface area contributed by atoms with Gasteiger partial charge in [-0.3, -0.25) is 13.9 Å². The second-order valence-corrected chi connectivity index (χ2v) is 9.85. The largest absolute Gasteiger partial charge is 0.352 e. The summed E-state index contributed by atoms with van der Waals surface area (Å²) in [5.41, 5.74) is 0.935. The second-order valence-electron chi connectivity index (χ2n) is 8.00. The molecule has 3 fully saturated rings. The van der Waals surface area contributed by atoms with Crippen LogP contribution in [0.3, 0.4) is 0 Å². The SMILES string of the molecule is Cc1ccc(S(=O)(=O)N2C=CNC(=O)[C@H]2CC(=O)N[C@H]2CN3CCC2CC3)cc1. The monoisotopic (exact) mass is 418 g/mol. The van der Waals surface area contributed by atoms with Gasteiger partial charge in [0.15, 0.2) is 0 Å². The molecule has 3 saturated heterocycles. The molecule has 0 saturated carbocycles. The van der Waals surface area contributed by atoms with Crippen molar-refractivity contribution < 1.29 is 18.0 Å². The number of piperidine rings is 3. The van der Waals surface area contributed by atoms with E-state index in [1.54, 1.807) is 12.1 Å². The van der Waals surface area contributed by atoms with Gasteiger partial charge in [-0.2, -0.15) is 0 Å². The molecule has 156 valence electrons. The van der Waals surface area contributed by atoms with E-state index < -0.39 is 22.0 Å². The molecule has 1 aromatic carbocycles. The summed E-state index contributed by atoms with van der Waals surface area (Å²) >= 11 is 0. The van der Waals surface area contributed by atoms with Gasteiger partial charge >= 0.3 is 0 Å². The van der Waals surface area contributed by atoms with Crippen LogP contribution >= 0.6 is 0 Å². The molecular formula is C20H26N4O4S. The van der Waals surface area contributed by atoms with Gasteiger partial charge < -0.3 is 15.5 Å². The predicted octanol–water partition coefficient (Wildman–Crippen LogP) is 0.556. The van der Waals surface area contributed by atoms with Crippen LogP contribution in [0.5, 0.6) is 0 Å². The summed E-state index contributed by atoms with van der Waals surface area (Å²) in [6, 6.07) is 5.37. The highest BCUT2D eigenvalue weighted by molar-refractivity contribution is 7.89. The lowest BCUT2D eigenvalue weighted by Crippen LogP contribution is -2.58. The Kier molecular flexibility index (Phi) is 5.35. The van der Waals surface area contributed by atoms with Crippen LogP contribution in [0.15, 0.2) is 41.6 Å². The molecule has 5 rings (SSSR count). The number of fused-ring (bicyclic) bond motifs is 3. The predicted molar refractivity (Wildman–Crippen MR) is 107 cm³/mol. The lowest BCUT2D eigenvalue weighted by molar-refractivity contribution is -0.130. The summed E-state index contributed by atoms with van der Waals surface area (Å²) < 4.78 is 27.2. The molecule has 9 heteroatoms. The second kappa shape index (κ2) is 7.79. The molecule has 0 aliphatic carbocycles. The molecule has 0 aromatic heterocycles. The van der Waals surface area contributed by atoms with Crippen LogP contribution in [-0.4, -0.2) is 61.2 Å². The normalized spacial score (nSPS) is 28.9. The number of benzene rings is 1. The third-order valence-electron chi connectivity index (χ3n) is 6.03. The summed E-state index contributed by atoms with van der Waals surface area (Å²) in [4.78, 5) is 27.6. The Bertz CT molecular complexity index is 920. The number of aryl methyl sites for hydroxylation is 1. The van der Waals surface area contributed by atoms with Crippen LogP contribution in [0, 0.1) is 12.8 Å². The summed E-state index contributed by atoms with van der Waals surface area (Å²) in [6.45, 7) is 4.82. The van der Waals surface area contributed by atoms with E-state index in [4.69, 9.17) is 0 Å². The molecule has 0 spiro atoms. The highest BCUT2D eigenvalue weighted by Gasteiger charge is 2.39. The van der Waals surface area contributed by atoms with Crippen molar-refractivity contribution in [3.63, 3.8) is 0 Å². The lowest BCUT2D eigenvalue weighted by atomic mass is 9.84. The number of nitrogens with one attached hydrogen (secondary N) is 2. The molecule has 2 amide bonds. The molecule has 2 atom stereocenters. The van der Waals surface area contributed by atoms with Crippen LogP contribution in [0.2, 0.25) is 0 Å². The number of carbonyl (C=O) groups excluding carboxylic acids is 2. The van der Waals surface area contributed by atoms with E-state index in [-0.39, 0.29) is 23.3 Å². The van der Waals surface area contributed by atoms with Crippen molar-refractivity contribution in [3.05, 3.63) is 42.2 Å². The summed E-state index contributed by atoms with van der Waals surface area (Å²) in [5, 5.41) is 5.55. The molecule has 0 radical (unpaired) electrons. The van der Waals surface area contributed by atoms with Crippen molar-refractivity contribution >= 4 is 21.8 Å². The van der Waals surface area contributed by atoms with E-state index in [1.165, 1.54) is 24.5 Å². The fourth-order valence-corrected chi connectivity index (χ4v) is 5.79. The minimum atomic E-state index is -3.95. The van der Waals surface area contributed by atoms with Crippen LogP contribution in [-0.2, 0) is 19.6 Å². The molecule has 2 bridgehead atoms. The zero-order chi connectivity index (χ0) is 20.6. The minimum Gasteiger partial charge on any atom is -0.352 e. The molecule has 4 aliphatic rings. The summed E-state index contributed by atoms with van der Waals surface area (Å²) in [6.07, 6.45) is 4.50. The zero-order valence-electron chi connectivity index (χ0n) is 16.4. The number of rotatable bonds is 5. The van der Waals surface area contributed by atoms with E-state index >= 15 is 0 Å². The first-order valence-electron chi connectivity index (χ1n) is 9.93. The third-order valence-corrected chi connectivity index (χ3v) is 7.83. The highest BCUT2D eigenvalue weighted by atomic mass is 32.2. The summed E-state index contributed by atoms with van der Waals surface area (Å²) in [7, 11) is -3.95. The Morgan fingerprint density at radius 2 is 1.90 bits per heavy atom. The van der Waals surface area contributed by atoms with Crippen molar-refractivity contribution in [2.24, 2.45) is 5.92 Å². The molecular weight excluding hydrogens is 392 g/mol. The minimum absolute atomic E-state index is 0.0642. The van der Waals surface area contributed by atoms with Crippen molar-refractivity contribution in [1.82, 2.24) is 19.8 Å². The van der Waals surface area contributed by atoms with Crippen LogP contribution < -0.4 is 10.6 Å². The maximum Gasteiger partial charge on any atom is 0.264 e. The fraction of sp³-hybridized carbons (Fsp3) is 0.500. The lowest BCUT2D eigenvalue weighted by Gasteiger charge is -2.45. The first-order valence-corrected chi connectivity index (χ1v) is 11.4. The number of nitrogens with zero attached hydrogens (tertiary/aromatic N) is 2. The standard InChI is InChI=1S/C20H26N4O4S/c1-14-2-4-16(5-3-14)29(27,28)24-11-8-21-20(26)18(24)12-19(25)22-17-13-23-9-6-15(17)7-10-23/h2-5,8,11,15,17-18H,6-7,9-10,12-13H2,1H3,(H,21,26)(H,22,25)/t17-,18+/m0/s1. The third kappa shape index (κ3) is 4.02. The van der Waals surface area contributed by atoms with Gasteiger partial charge in [0.1, 0.15) is 6.04 Å². The first-order chi connectivity index (χ1) is 13.8. The molecule has 8 nitrogen and oxygen atoms in total. The Morgan fingerprint density at radius 3 is 2.52 bits per heavy atom. The Balaban J connectivity index is 1.50. The van der Waals surface area contributed by atoms with E-state index in [0.717, 1.165) is 42.3 Å². The van der Waals surface area contributed by atoms with Gasteiger partial charge in [0.25, 0.3) is 10.0 Å². The van der Waals surface area contributed by atoms with E-state index in [9.17, 15) is 18.0 Å². The molecule has 0 unspecified atom stereocenters. The number of hydrogen-bond donors (Lipinski definition) is 2. The topological polar surface area (TPSA) is 98.8 Å². The summed E-state index contributed by atoms with van der Waals surface area (Å²) in [5.74, 6) is -0.355. The Labute approximate surface area is 171 Å². The number of carbonyl (C=O) groups is 2. The highest BCUT2D eigenvalue weighted by Crippen LogP contribution is 2.28. The van der Waals surface area contributed by atoms with E-state index in [0.29, 0.717) is 5.92 Å². The fourth-order valence-electron chi connectivity index (χ4n) is 4.34. The van der Waals surface area contributed by atoms with Crippen LogP contribution in [0.25, 0.3) is 0 Å². The Morgan fingerprint density at radius 1 is 1.21 bits per heavy atom. The number of sulfonamides is 1.